The average Bonchev–Trinajstić information content (AvgIpc) is 2.78. The van der Waals surface area contributed by atoms with E-state index in [1.807, 2.05) is 0 Å². The second-order valence-corrected chi connectivity index (χ2v) is 6.60. The van der Waals surface area contributed by atoms with Gasteiger partial charge in [0.2, 0.25) is 0 Å². The van der Waals surface area contributed by atoms with Gasteiger partial charge in [0.15, 0.2) is 0 Å². The number of hydrogen-bond acceptors (Lipinski definition) is 3. The van der Waals surface area contributed by atoms with E-state index in [2.05, 4.69) is 18.9 Å². The molecule has 1 aromatic heterocycles. The monoisotopic (exact) mass is 300 g/mol. The minimum Gasteiger partial charge on any atom is -0.384 e. The third-order valence-corrected chi connectivity index (χ3v) is 4.73. The Hall–Kier alpha value is -0.580. The van der Waals surface area contributed by atoms with Crippen LogP contribution >= 0.6 is 11.6 Å². The highest BCUT2D eigenvalue weighted by molar-refractivity contribution is 6.31. The van der Waals surface area contributed by atoms with Gasteiger partial charge in [-0.15, -0.1) is 0 Å². The predicted molar refractivity (Wildman–Crippen MR) is 79.8 cm³/mol. The standard InChI is InChI=1S/C15H25ClN2O2/c1-11(2)12-5-4-6-15(19,9-12)14-13(16)10-17-18(14)7-8-20-3/h10-12,19H,4-9H2,1-3H3. The molecule has 2 unspecified atom stereocenters. The minimum atomic E-state index is -0.853. The molecule has 0 bridgehead atoms. The molecule has 0 aliphatic heterocycles. The molecule has 1 aliphatic carbocycles. The molecule has 20 heavy (non-hydrogen) atoms. The number of nitrogens with zero attached hydrogens (tertiary/aromatic N) is 2. The largest absolute Gasteiger partial charge is 0.384 e. The van der Waals surface area contributed by atoms with Crippen molar-refractivity contribution in [3.63, 3.8) is 0 Å². The van der Waals surface area contributed by atoms with E-state index in [0.717, 1.165) is 25.0 Å². The van der Waals surface area contributed by atoms with Gasteiger partial charge < -0.3 is 9.84 Å². The van der Waals surface area contributed by atoms with Crippen LogP contribution in [-0.2, 0) is 16.9 Å². The van der Waals surface area contributed by atoms with Crippen molar-refractivity contribution in [2.75, 3.05) is 13.7 Å². The van der Waals surface area contributed by atoms with Crippen molar-refractivity contribution in [1.82, 2.24) is 9.78 Å². The van der Waals surface area contributed by atoms with Crippen LogP contribution in [0.4, 0.5) is 0 Å². The summed E-state index contributed by atoms with van der Waals surface area (Å²) in [4.78, 5) is 0. The summed E-state index contributed by atoms with van der Waals surface area (Å²) in [7, 11) is 1.66. The molecular formula is C15H25ClN2O2. The fraction of sp³-hybridized carbons (Fsp3) is 0.800. The summed E-state index contributed by atoms with van der Waals surface area (Å²) in [6.45, 7) is 5.63. The first-order valence-electron chi connectivity index (χ1n) is 7.41. The van der Waals surface area contributed by atoms with E-state index >= 15 is 0 Å². The third kappa shape index (κ3) is 3.18. The van der Waals surface area contributed by atoms with E-state index < -0.39 is 5.60 Å². The first kappa shape index (κ1) is 15.8. The predicted octanol–water partition coefficient (Wildman–Crippen LogP) is 3.22. The highest BCUT2D eigenvalue weighted by Gasteiger charge is 2.40. The molecule has 1 N–H and O–H groups in total. The summed E-state index contributed by atoms with van der Waals surface area (Å²) >= 11 is 6.29. The molecule has 5 heteroatoms. The molecule has 1 aromatic rings. The second-order valence-electron chi connectivity index (χ2n) is 6.19. The van der Waals surface area contributed by atoms with Crippen molar-refractivity contribution in [2.24, 2.45) is 11.8 Å². The van der Waals surface area contributed by atoms with Crippen molar-refractivity contribution < 1.29 is 9.84 Å². The molecule has 2 rings (SSSR count). The van der Waals surface area contributed by atoms with Gasteiger partial charge in [0.25, 0.3) is 0 Å². The number of rotatable bonds is 5. The molecule has 0 aromatic carbocycles. The summed E-state index contributed by atoms with van der Waals surface area (Å²) in [6, 6.07) is 0. The summed E-state index contributed by atoms with van der Waals surface area (Å²) < 4.78 is 6.90. The van der Waals surface area contributed by atoms with Crippen molar-refractivity contribution in [3.8, 4) is 0 Å². The van der Waals surface area contributed by atoms with Gasteiger partial charge in [-0.25, -0.2) is 0 Å². The van der Waals surface area contributed by atoms with Crippen LogP contribution in [0.2, 0.25) is 5.02 Å². The SMILES string of the molecule is COCCn1ncc(Cl)c1C1(O)CCCC(C(C)C)C1. The Morgan fingerprint density at radius 1 is 1.60 bits per heavy atom. The summed E-state index contributed by atoms with van der Waals surface area (Å²) in [5.74, 6) is 1.12. The maximum atomic E-state index is 11.1. The zero-order valence-corrected chi connectivity index (χ0v) is 13.4. The van der Waals surface area contributed by atoms with Crippen LogP contribution < -0.4 is 0 Å². The zero-order valence-electron chi connectivity index (χ0n) is 12.6. The third-order valence-electron chi connectivity index (χ3n) is 4.45. The molecule has 0 spiro atoms. The Morgan fingerprint density at radius 3 is 3.00 bits per heavy atom. The normalized spacial score (nSPS) is 27.2. The molecule has 0 saturated heterocycles. The first-order chi connectivity index (χ1) is 9.48. The summed E-state index contributed by atoms with van der Waals surface area (Å²) in [5, 5.41) is 16.0. The lowest BCUT2D eigenvalue weighted by molar-refractivity contribution is -0.0370. The lowest BCUT2D eigenvalue weighted by Gasteiger charge is -2.39. The number of aromatic nitrogens is 2. The van der Waals surface area contributed by atoms with E-state index in [1.54, 1.807) is 18.0 Å². The van der Waals surface area contributed by atoms with Gasteiger partial charge in [0.1, 0.15) is 5.60 Å². The van der Waals surface area contributed by atoms with Crippen LogP contribution in [-0.4, -0.2) is 28.6 Å². The van der Waals surface area contributed by atoms with Crippen LogP contribution in [0.5, 0.6) is 0 Å². The lowest BCUT2D eigenvalue weighted by atomic mass is 9.72. The molecular weight excluding hydrogens is 276 g/mol. The fourth-order valence-electron chi connectivity index (χ4n) is 3.25. The fourth-order valence-corrected chi connectivity index (χ4v) is 3.57. The Kier molecular flexibility index (Phi) is 5.10. The van der Waals surface area contributed by atoms with E-state index in [0.29, 0.717) is 30.0 Å². The number of aliphatic hydroxyl groups is 1. The van der Waals surface area contributed by atoms with Gasteiger partial charge in [-0.1, -0.05) is 25.4 Å². The summed E-state index contributed by atoms with van der Waals surface area (Å²) in [6.07, 6.45) is 5.37. The maximum Gasteiger partial charge on any atom is 0.108 e. The van der Waals surface area contributed by atoms with E-state index in [-0.39, 0.29) is 0 Å². The van der Waals surface area contributed by atoms with E-state index in [1.165, 1.54) is 6.42 Å². The van der Waals surface area contributed by atoms with Gasteiger partial charge in [0.05, 0.1) is 30.1 Å². The van der Waals surface area contributed by atoms with Gasteiger partial charge >= 0.3 is 0 Å². The number of halogens is 1. The molecule has 1 aliphatic rings. The van der Waals surface area contributed by atoms with Crippen LogP contribution in [0.25, 0.3) is 0 Å². The number of ether oxygens (including phenoxy) is 1. The number of methoxy groups -OCH3 is 1. The highest BCUT2D eigenvalue weighted by atomic mass is 35.5. The maximum absolute atomic E-state index is 11.1. The average molecular weight is 301 g/mol. The number of hydrogen-bond donors (Lipinski definition) is 1. The van der Waals surface area contributed by atoms with Crippen molar-refractivity contribution in [2.45, 2.75) is 51.7 Å². The van der Waals surface area contributed by atoms with Crippen LogP contribution in [0.1, 0.15) is 45.2 Å². The lowest BCUT2D eigenvalue weighted by Crippen LogP contribution is -2.37. The zero-order chi connectivity index (χ0) is 14.8. The van der Waals surface area contributed by atoms with Gasteiger partial charge in [-0.2, -0.15) is 5.10 Å². The van der Waals surface area contributed by atoms with Crippen molar-refractivity contribution in [1.29, 1.82) is 0 Å². The molecule has 1 saturated carbocycles. The molecule has 2 atom stereocenters. The van der Waals surface area contributed by atoms with E-state index in [9.17, 15) is 5.11 Å². The Bertz CT molecular complexity index is 447. The van der Waals surface area contributed by atoms with Crippen LogP contribution in [0, 0.1) is 11.8 Å². The van der Waals surface area contributed by atoms with Gasteiger partial charge in [-0.05, 0) is 37.5 Å². The Morgan fingerprint density at radius 2 is 2.35 bits per heavy atom. The highest BCUT2D eigenvalue weighted by Crippen LogP contribution is 2.44. The molecule has 0 radical (unpaired) electrons. The molecule has 4 nitrogen and oxygen atoms in total. The Labute approximate surface area is 126 Å². The first-order valence-corrected chi connectivity index (χ1v) is 7.79. The molecule has 1 heterocycles. The topological polar surface area (TPSA) is 47.3 Å². The van der Waals surface area contributed by atoms with Crippen molar-refractivity contribution >= 4 is 11.6 Å². The van der Waals surface area contributed by atoms with Gasteiger partial charge in [0, 0.05) is 7.11 Å². The summed E-state index contributed by atoms with van der Waals surface area (Å²) in [5.41, 5.74) is -0.0873. The molecule has 0 amide bonds. The van der Waals surface area contributed by atoms with Crippen molar-refractivity contribution in [3.05, 3.63) is 16.9 Å². The molecule has 114 valence electrons. The van der Waals surface area contributed by atoms with Crippen LogP contribution in [0.3, 0.4) is 0 Å². The van der Waals surface area contributed by atoms with E-state index in [4.69, 9.17) is 16.3 Å². The quantitative estimate of drug-likeness (QED) is 0.908. The van der Waals surface area contributed by atoms with Crippen LogP contribution in [0.15, 0.2) is 6.20 Å². The molecule has 1 fully saturated rings. The smallest absolute Gasteiger partial charge is 0.108 e. The van der Waals surface area contributed by atoms with Gasteiger partial charge in [-0.3, -0.25) is 4.68 Å². The second kappa shape index (κ2) is 6.46. The minimum absolute atomic E-state index is 0.538. The Balaban J connectivity index is 2.26.